The fourth-order valence-electron chi connectivity index (χ4n) is 2.28. The van der Waals surface area contributed by atoms with Crippen molar-refractivity contribution in [2.24, 2.45) is 14.6 Å². The van der Waals surface area contributed by atoms with Crippen LogP contribution in [-0.4, -0.2) is 26.1 Å². The maximum absolute atomic E-state index is 12.4. The molecule has 6 heteroatoms. The Balaban J connectivity index is 1.79. The van der Waals surface area contributed by atoms with E-state index in [-0.39, 0.29) is 4.90 Å². The molecule has 2 aromatic rings. The number of hydrogen-bond donors (Lipinski definition) is 0. The van der Waals surface area contributed by atoms with Crippen LogP contribution in [0.15, 0.2) is 104 Å². The number of rotatable bonds is 4. The standard InChI is InChI=1S/C20H17N3O2S/c1-16-14-18(22-21-15-17-8-4-2-5-9-17)12-13-20(16)23-26(24,25)19-10-6-3-7-11-19/h2-15H,1H3/b21-15+,22-18-,23-20?. The highest BCUT2D eigenvalue weighted by atomic mass is 32.2. The molecule has 0 amide bonds. The van der Waals surface area contributed by atoms with Crippen molar-refractivity contribution >= 4 is 27.7 Å². The van der Waals surface area contributed by atoms with Gasteiger partial charge in [-0.25, -0.2) is 0 Å². The molecule has 0 spiro atoms. The molecule has 0 fully saturated rings. The van der Waals surface area contributed by atoms with Gasteiger partial charge in [0.15, 0.2) is 0 Å². The summed E-state index contributed by atoms with van der Waals surface area (Å²) < 4.78 is 28.6. The molecule has 0 atom stereocenters. The van der Waals surface area contributed by atoms with Gasteiger partial charge in [-0.1, -0.05) is 48.5 Å². The molecule has 0 heterocycles. The lowest BCUT2D eigenvalue weighted by Crippen LogP contribution is -2.09. The minimum Gasteiger partial charge on any atom is -0.199 e. The van der Waals surface area contributed by atoms with Gasteiger partial charge in [-0.15, -0.1) is 0 Å². The lowest BCUT2D eigenvalue weighted by molar-refractivity contribution is 0.598. The van der Waals surface area contributed by atoms with Gasteiger partial charge in [0.05, 0.1) is 22.5 Å². The van der Waals surface area contributed by atoms with Gasteiger partial charge in [-0.2, -0.15) is 23.0 Å². The number of hydrogen-bond acceptors (Lipinski definition) is 4. The molecule has 26 heavy (non-hydrogen) atoms. The average Bonchev–Trinajstić information content (AvgIpc) is 2.65. The second-order valence-corrected chi connectivity index (χ2v) is 7.21. The zero-order chi connectivity index (χ0) is 18.4. The highest BCUT2D eigenvalue weighted by molar-refractivity contribution is 7.90. The predicted octanol–water partition coefficient (Wildman–Crippen LogP) is 3.81. The van der Waals surface area contributed by atoms with Crippen molar-refractivity contribution in [3.05, 3.63) is 90.0 Å². The average molecular weight is 363 g/mol. The molecule has 0 unspecified atom stereocenters. The zero-order valence-electron chi connectivity index (χ0n) is 14.1. The molecule has 5 nitrogen and oxygen atoms in total. The minimum absolute atomic E-state index is 0.167. The fraction of sp³-hybridized carbons (Fsp3) is 0.0500. The number of benzene rings is 2. The Bertz CT molecular complexity index is 1030. The van der Waals surface area contributed by atoms with E-state index in [0.29, 0.717) is 17.0 Å². The number of nitrogens with zero attached hydrogens (tertiary/aromatic N) is 3. The van der Waals surface area contributed by atoms with Gasteiger partial charge in [0.25, 0.3) is 10.0 Å². The molecule has 0 N–H and O–H groups in total. The summed E-state index contributed by atoms with van der Waals surface area (Å²) in [4.78, 5) is 0.167. The Morgan fingerprint density at radius 2 is 1.54 bits per heavy atom. The van der Waals surface area contributed by atoms with Crippen LogP contribution in [-0.2, 0) is 10.0 Å². The summed E-state index contributed by atoms with van der Waals surface area (Å²) in [5, 5.41) is 8.19. The van der Waals surface area contributed by atoms with Gasteiger partial charge in [0.1, 0.15) is 0 Å². The molecular formula is C20H17N3O2S. The molecule has 3 rings (SSSR count). The molecule has 130 valence electrons. The Morgan fingerprint density at radius 1 is 0.885 bits per heavy atom. The van der Waals surface area contributed by atoms with Gasteiger partial charge in [-0.05, 0) is 48.4 Å². The normalized spacial score (nSPS) is 17.8. The maximum atomic E-state index is 12.4. The van der Waals surface area contributed by atoms with Crippen molar-refractivity contribution in [3.63, 3.8) is 0 Å². The van der Waals surface area contributed by atoms with Gasteiger partial charge in [0.2, 0.25) is 0 Å². The van der Waals surface area contributed by atoms with E-state index in [0.717, 1.165) is 5.56 Å². The van der Waals surface area contributed by atoms with Gasteiger partial charge >= 0.3 is 0 Å². The third-order valence-corrected chi connectivity index (χ3v) is 4.92. The van der Waals surface area contributed by atoms with Crippen LogP contribution in [0, 0.1) is 0 Å². The summed E-state index contributed by atoms with van der Waals surface area (Å²) in [5.74, 6) is 0. The van der Waals surface area contributed by atoms with E-state index >= 15 is 0 Å². The van der Waals surface area contributed by atoms with E-state index in [9.17, 15) is 8.42 Å². The predicted molar refractivity (Wildman–Crippen MR) is 105 cm³/mol. The second-order valence-electron chi connectivity index (χ2n) is 5.61. The lowest BCUT2D eigenvalue weighted by Gasteiger charge is -2.07. The number of allylic oxidation sites excluding steroid dienone is 4. The highest BCUT2D eigenvalue weighted by Crippen LogP contribution is 2.15. The van der Waals surface area contributed by atoms with E-state index in [2.05, 4.69) is 14.6 Å². The minimum atomic E-state index is -3.74. The third kappa shape index (κ3) is 4.49. The first kappa shape index (κ1) is 17.7. The zero-order valence-corrected chi connectivity index (χ0v) is 15.0. The molecule has 0 saturated heterocycles. The van der Waals surface area contributed by atoms with Crippen molar-refractivity contribution in [2.45, 2.75) is 11.8 Å². The topological polar surface area (TPSA) is 71.2 Å². The summed E-state index contributed by atoms with van der Waals surface area (Å²) >= 11 is 0. The molecule has 0 bridgehead atoms. The Labute approximate surface area is 152 Å². The first-order chi connectivity index (χ1) is 12.5. The van der Waals surface area contributed by atoms with Crippen LogP contribution in [0.1, 0.15) is 12.5 Å². The Kier molecular flexibility index (Phi) is 5.34. The molecule has 1 aliphatic carbocycles. The quantitative estimate of drug-likeness (QED) is 0.471. The molecule has 0 saturated carbocycles. The summed E-state index contributed by atoms with van der Waals surface area (Å²) in [6.45, 7) is 1.79. The summed E-state index contributed by atoms with van der Waals surface area (Å²) in [7, 11) is -3.74. The van der Waals surface area contributed by atoms with Crippen LogP contribution in [0.5, 0.6) is 0 Å². The van der Waals surface area contributed by atoms with E-state index in [4.69, 9.17) is 0 Å². The van der Waals surface area contributed by atoms with Gasteiger partial charge in [-0.3, -0.25) is 0 Å². The summed E-state index contributed by atoms with van der Waals surface area (Å²) in [5.41, 5.74) is 2.68. The summed E-state index contributed by atoms with van der Waals surface area (Å²) in [6.07, 6.45) is 6.73. The first-order valence-electron chi connectivity index (χ1n) is 7.97. The molecular weight excluding hydrogens is 346 g/mol. The van der Waals surface area contributed by atoms with Crippen LogP contribution in [0.2, 0.25) is 0 Å². The van der Waals surface area contributed by atoms with E-state index in [1.807, 2.05) is 30.3 Å². The van der Waals surface area contributed by atoms with Crippen molar-refractivity contribution in [3.8, 4) is 0 Å². The fourth-order valence-corrected chi connectivity index (χ4v) is 3.35. The molecule has 0 radical (unpaired) electrons. The Hall–Kier alpha value is -3.12. The molecule has 2 aromatic carbocycles. The SMILES string of the molecule is CC1=C/C(=N\N=C\c2ccccc2)C=CC1=NS(=O)(=O)c1ccccc1. The van der Waals surface area contributed by atoms with Crippen LogP contribution >= 0.6 is 0 Å². The molecule has 1 aliphatic rings. The smallest absolute Gasteiger partial charge is 0.199 e. The monoisotopic (exact) mass is 363 g/mol. The van der Waals surface area contributed by atoms with Crippen molar-refractivity contribution in [2.75, 3.05) is 0 Å². The number of sulfonamides is 1. The van der Waals surface area contributed by atoms with Crippen molar-refractivity contribution in [1.82, 2.24) is 0 Å². The van der Waals surface area contributed by atoms with Crippen LogP contribution in [0.3, 0.4) is 0 Å². The van der Waals surface area contributed by atoms with Gasteiger partial charge in [0, 0.05) is 0 Å². The van der Waals surface area contributed by atoms with Crippen LogP contribution < -0.4 is 0 Å². The van der Waals surface area contributed by atoms with E-state index < -0.39 is 10.0 Å². The second kappa shape index (κ2) is 7.84. The third-order valence-electron chi connectivity index (χ3n) is 3.62. The highest BCUT2D eigenvalue weighted by Gasteiger charge is 2.15. The first-order valence-corrected chi connectivity index (χ1v) is 9.41. The van der Waals surface area contributed by atoms with Gasteiger partial charge < -0.3 is 0 Å². The van der Waals surface area contributed by atoms with Crippen LogP contribution in [0.4, 0.5) is 0 Å². The van der Waals surface area contributed by atoms with Crippen LogP contribution in [0.25, 0.3) is 0 Å². The Morgan fingerprint density at radius 3 is 2.19 bits per heavy atom. The molecule has 0 aliphatic heterocycles. The van der Waals surface area contributed by atoms with E-state index in [1.54, 1.807) is 49.6 Å². The van der Waals surface area contributed by atoms with Crippen molar-refractivity contribution < 1.29 is 8.42 Å². The van der Waals surface area contributed by atoms with E-state index in [1.165, 1.54) is 12.1 Å². The molecule has 0 aromatic heterocycles. The largest absolute Gasteiger partial charge is 0.282 e. The summed E-state index contributed by atoms with van der Waals surface area (Å²) in [6, 6.07) is 17.8. The van der Waals surface area contributed by atoms with Crippen molar-refractivity contribution in [1.29, 1.82) is 0 Å². The lowest BCUT2D eigenvalue weighted by atomic mass is 10.0. The maximum Gasteiger partial charge on any atom is 0.282 e.